The molecule has 0 spiro atoms. The smallest absolute Gasteiger partial charge is 0.312 e. The van der Waals surface area contributed by atoms with Crippen LogP contribution in [0, 0.1) is 0 Å². The maximum absolute atomic E-state index is 11.0. The predicted octanol–water partition coefficient (Wildman–Crippen LogP) is 0.179. The Labute approximate surface area is 78.9 Å². The van der Waals surface area contributed by atoms with Crippen LogP contribution in [0.2, 0.25) is 0 Å². The van der Waals surface area contributed by atoms with Gasteiger partial charge in [-0.1, -0.05) is 0 Å². The number of nitrogens with two attached hydrogens (primary N) is 1. The Balaban J connectivity index is 2.30. The van der Waals surface area contributed by atoms with E-state index in [2.05, 4.69) is 10.6 Å². The van der Waals surface area contributed by atoms with Gasteiger partial charge in [0.1, 0.15) is 11.5 Å². The molecule has 0 aliphatic rings. The van der Waals surface area contributed by atoms with Gasteiger partial charge in [0.25, 0.3) is 5.91 Å². The van der Waals surface area contributed by atoms with E-state index < -0.39 is 11.9 Å². The fraction of sp³-hybridized carbons (Fsp3) is 0.143. The molecule has 0 saturated carbocycles. The summed E-state index contributed by atoms with van der Waals surface area (Å²) in [6.45, 7) is -0.159. The molecule has 5 nitrogen and oxygen atoms in total. The van der Waals surface area contributed by atoms with Crippen molar-refractivity contribution >= 4 is 28.3 Å². The van der Waals surface area contributed by atoms with Gasteiger partial charge in [0.05, 0.1) is 0 Å². The molecule has 1 rings (SSSR count). The Bertz CT molecular complexity index is 297. The van der Waals surface area contributed by atoms with Gasteiger partial charge in [0.15, 0.2) is 0 Å². The van der Waals surface area contributed by atoms with Crippen molar-refractivity contribution in [1.29, 1.82) is 0 Å². The zero-order valence-electron chi connectivity index (χ0n) is 6.69. The molecule has 0 atom stereocenters. The van der Waals surface area contributed by atoms with Gasteiger partial charge in [-0.25, -0.2) is 10.1 Å². The van der Waals surface area contributed by atoms with Crippen molar-refractivity contribution in [2.24, 2.45) is 5.73 Å². The van der Waals surface area contributed by atoms with E-state index in [-0.39, 0.29) is 6.54 Å². The lowest BCUT2D eigenvalue weighted by molar-refractivity contribution is -0.119. The van der Waals surface area contributed by atoms with Gasteiger partial charge in [-0.15, -0.1) is 11.3 Å². The number of nitrogens with one attached hydrogen (secondary N) is 1. The van der Waals surface area contributed by atoms with Gasteiger partial charge < -0.3 is 11.1 Å². The van der Waals surface area contributed by atoms with Crippen molar-refractivity contribution in [3.05, 3.63) is 17.5 Å². The lowest BCUT2D eigenvalue weighted by Gasteiger charge is -1.98. The Morgan fingerprint density at radius 2 is 2.38 bits per heavy atom. The van der Waals surface area contributed by atoms with Crippen molar-refractivity contribution in [1.82, 2.24) is 10.6 Å². The fourth-order valence-electron chi connectivity index (χ4n) is 0.659. The monoisotopic (exact) mass is 198 g/mol. The zero-order chi connectivity index (χ0) is 9.68. The van der Waals surface area contributed by atoms with Crippen LogP contribution in [-0.4, -0.2) is 18.5 Å². The first-order chi connectivity index (χ1) is 6.18. The molecular formula is C7H8N3O2S. The lowest BCUT2D eigenvalue weighted by Crippen LogP contribution is -2.35. The molecule has 1 aromatic rings. The topological polar surface area (TPSA) is 86.3 Å². The molecule has 3 amide bonds. The third kappa shape index (κ3) is 3.57. The summed E-state index contributed by atoms with van der Waals surface area (Å²) < 4.78 is 0. The van der Waals surface area contributed by atoms with E-state index in [0.717, 1.165) is 0 Å². The maximum Gasteiger partial charge on any atom is 0.312 e. The second-order valence-electron chi connectivity index (χ2n) is 2.17. The Hall–Kier alpha value is -1.56. The van der Waals surface area contributed by atoms with E-state index in [4.69, 9.17) is 5.73 Å². The van der Waals surface area contributed by atoms with Gasteiger partial charge in [-0.2, -0.15) is 0 Å². The molecule has 1 aromatic heterocycles. The highest BCUT2D eigenvalue weighted by Gasteiger charge is 2.05. The summed E-state index contributed by atoms with van der Waals surface area (Å²) >= 11 is 1.35. The first kappa shape index (κ1) is 9.53. The Morgan fingerprint density at radius 1 is 1.62 bits per heavy atom. The first-order valence-corrected chi connectivity index (χ1v) is 4.38. The molecule has 3 N–H and O–H groups in total. The van der Waals surface area contributed by atoms with Gasteiger partial charge >= 0.3 is 6.03 Å². The summed E-state index contributed by atoms with van der Waals surface area (Å²) in [5, 5.41) is 8.29. The summed E-state index contributed by atoms with van der Waals surface area (Å²) in [6.07, 6.45) is 0. The number of urea groups is 1. The third-order valence-electron chi connectivity index (χ3n) is 1.15. The number of carbonyl (C=O) groups is 2. The largest absolute Gasteiger partial charge is 0.352 e. The van der Waals surface area contributed by atoms with E-state index >= 15 is 0 Å². The summed E-state index contributed by atoms with van der Waals surface area (Å²) in [7, 11) is 0. The van der Waals surface area contributed by atoms with Crippen molar-refractivity contribution in [3.8, 4) is 0 Å². The van der Waals surface area contributed by atoms with Crippen LogP contribution in [0.1, 0.15) is 0 Å². The van der Waals surface area contributed by atoms with E-state index in [0.29, 0.717) is 5.00 Å². The quantitative estimate of drug-likeness (QED) is 0.725. The second kappa shape index (κ2) is 4.46. The standard InChI is InChI=1S/C7H8N3O2S/c8-7(12)9-4-5(11)10-6-2-1-3-13-6/h1-3H,4H2,(H3,8,9,12). The van der Waals surface area contributed by atoms with Crippen molar-refractivity contribution in [2.45, 2.75) is 0 Å². The number of nitrogens with zero attached hydrogens (tertiary/aromatic N) is 1. The number of hydrogen-bond donors (Lipinski definition) is 2. The van der Waals surface area contributed by atoms with Crippen LogP contribution in [0.25, 0.3) is 0 Å². The van der Waals surface area contributed by atoms with Crippen molar-refractivity contribution in [2.75, 3.05) is 6.54 Å². The highest BCUT2D eigenvalue weighted by molar-refractivity contribution is 7.13. The highest BCUT2D eigenvalue weighted by atomic mass is 32.1. The van der Waals surface area contributed by atoms with Crippen molar-refractivity contribution < 1.29 is 9.59 Å². The molecule has 0 aliphatic heterocycles. The number of hydrogen-bond acceptors (Lipinski definition) is 3. The number of rotatable bonds is 3. The zero-order valence-corrected chi connectivity index (χ0v) is 7.50. The fourth-order valence-corrected chi connectivity index (χ4v) is 1.27. The minimum Gasteiger partial charge on any atom is -0.352 e. The lowest BCUT2D eigenvalue weighted by atomic mass is 10.5. The molecule has 0 saturated heterocycles. The van der Waals surface area contributed by atoms with E-state index in [1.54, 1.807) is 12.1 Å². The number of primary amides is 1. The van der Waals surface area contributed by atoms with Crippen LogP contribution in [-0.2, 0) is 4.79 Å². The second-order valence-corrected chi connectivity index (χ2v) is 3.10. The molecule has 0 bridgehead atoms. The van der Waals surface area contributed by atoms with E-state index in [9.17, 15) is 9.59 Å². The number of amides is 3. The van der Waals surface area contributed by atoms with Crippen LogP contribution >= 0.6 is 11.3 Å². The molecule has 0 aliphatic carbocycles. The van der Waals surface area contributed by atoms with E-state index in [1.165, 1.54) is 11.3 Å². The summed E-state index contributed by atoms with van der Waals surface area (Å²) in [4.78, 5) is 21.2. The van der Waals surface area contributed by atoms with Crippen LogP contribution in [0.5, 0.6) is 0 Å². The van der Waals surface area contributed by atoms with Crippen molar-refractivity contribution in [3.63, 3.8) is 0 Å². The van der Waals surface area contributed by atoms with Crippen LogP contribution in [0.4, 0.5) is 9.80 Å². The minimum atomic E-state index is -0.727. The van der Waals surface area contributed by atoms with Gasteiger partial charge in [-0.3, -0.25) is 4.79 Å². The van der Waals surface area contributed by atoms with Gasteiger partial charge in [0.2, 0.25) is 0 Å². The molecule has 0 aromatic carbocycles. The number of carbonyl (C=O) groups excluding carboxylic acids is 2. The average Bonchev–Trinajstić information content (AvgIpc) is 2.53. The van der Waals surface area contributed by atoms with Gasteiger partial charge in [0, 0.05) is 0 Å². The Kier molecular flexibility index (Phi) is 3.27. The molecule has 0 unspecified atom stereocenters. The molecule has 1 radical (unpaired) electrons. The molecule has 0 fully saturated rings. The summed E-state index contributed by atoms with van der Waals surface area (Å²) in [5.41, 5.74) is 4.77. The summed E-state index contributed by atoms with van der Waals surface area (Å²) in [5.74, 6) is -0.416. The maximum atomic E-state index is 11.0. The summed E-state index contributed by atoms with van der Waals surface area (Å²) in [6, 6.07) is 2.78. The Morgan fingerprint density at radius 3 is 2.92 bits per heavy atom. The van der Waals surface area contributed by atoms with Crippen LogP contribution in [0.3, 0.4) is 0 Å². The van der Waals surface area contributed by atoms with Crippen LogP contribution < -0.4 is 16.4 Å². The normalized spacial score (nSPS) is 9.23. The molecule has 1 heterocycles. The highest BCUT2D eigenvalue weighted by Crippen LogP contribution is 2.14. The SMILES string of the molecule is NC(=O)NCC(=O)[N]c1cccs1. The molecule has 69 valence electrons. The first-order valence-electron chi connectivity index (χ1n) is 3.50. The minimum absolute atomic E-state index is 0.159. The van der Waals surface area contributed by atoms with Gasteiger partial charge in [-0.05, 0) is 17.5 Å². The van der Waals surface area contributed by atoms with Crippen LogP contribution in [0.15, 0.2) is 17.5 Å². The number of thiophene rings is 1. The molecule has 13 heavy (non-hydrogen) atoms. The average molecular weight is 198 g/mol. The molecule has 6 heteroatoms. The van der Waals surface area contributed by atoms with E-state index in [1.807, 2.05) is 5.38 Å². The predicted molar refractivity (Wildman–Crippen MR) is 48.7 cm³/mol. The third-order valence-corrected chi connectivity index (χ3v) is 1.92. The molecular weight excluding hydrogens is 190 g/mol.